The monoisotopic (exact) mass is 240 g/mol. The summed E-state index contributed by atoms with van der Waals surface area (Å²) < 4.78 is 11.1. The number of hydrogen-bond donors (Lipinski definition) is 0. The maximum atomic E-state index is 8.79. The minimum atomic E-state index is -0.412. The Labute approximate surface area is 106 Å². The van der Waals surface area contributed by atoms with Gasteiger partial charge in [-0.25, -0.2) is 0 Å². The smallest absolute Gasteiger partial charge is 0.184 e. The van der Waals surface area contributed by atoms with Gasteiger partial charge < -0.3 is 9.47 Å². The van der Waals surface area contributed by atoms with Crippen molar-refractivity contribution in [2.24, 2.45) is 0 Å². The Hall–Kier alpha value is -2.14. The molecule has 0 spiro atoms. The fourth-order valence-corrected chi connectivity index (χ4v) is 1.77. The molecule has 1 fully saturated rings. The second-order valence-electron chi connectivity index (χ2n) is 3.84. The lowest BCUT2D eigenvalue weighted by atomic mass is 10.0. The van der Waals surface area contributed by atoms with Gasteiger partial charge in [0.15, 0.2) is 6.29 Å². The Morgan fingerprint density at radius 1 is 1.17 bits per heavy atom. The lowest BCUT2D eigenvalue weighted by Crippen LogP contribution is -2.18. The Balaban J connectivity index is 2.34. The van der Waals surface area contributed by atoms with Crippen LogP contribution in [0.2, 0.25) is 0 Å². The van der Waals surface area contributed by atoms with Crippen molar-refractivity contribution in [3.63, 3.8) is 0 Å². The van der Waals surface area contributed by atoms with E-state index >= 15 is 0 Å². The fourth-order valence-electron chi connectivity index (χ4n) is 1.77. The molecule has 0 atom stereocenters. The maximum Gasteiger partial charge on any atom is 0.184 e. The molecule has 1 aliphatic heterocycles. The van der Waals surface area contributed by atoms with E-state index in [4.69, 9.17) is 20.0 Å². The fraction of sp³-hybridized carbons (Fsp3) is 0.286. The van der Waals surface area contributed by atoms with Gasteiger partial charge >= 0.3 is 0 Å². The van der Waals surface area contributed by atoms with E-state index in [0.717, 1.165) is 17.5 Å². The number of nitrogens with zero attached hydrogens (tertiary/aromatic N) is 2. The average Bonchev–Trinajstić information content (AvgIpc) is 2.46. The molecular formula is C14H12N2O2. The van der Waals surface area contributed by atoms with Gasteiger partial charge in [-0.15, -0.1) is 0 Å². The van der Waals surface area contributed by atoms with Crippen LogP contribution in [0, 0.1) is 22.7 Å². The van der Waals surface area contributed by atoms with Gasteiger partial charge in [0.05, 0.1) is 13.2 Å². The van der Waals surface area contributed by atoms with E-state index in [2.05, 4.69) is 0 Å². The van der Waals surface area contributed by atoms with Crippen molar-refractivity contribution in [2.75, 3.05) is 13.2 Å². The summed E-state index contributed by atoms with van der Waals surface area (Å²) in [5, 5.41) is 17.6. The van der Waals surface area contributed by atoms with Gasteiger partial charge in [-0.2, -0.15) is 10.5 Å². The van der Waals surface area contributed by atoms with Crippen molar-refractivity contribution >= 4 is 6.08 Å². The molecule has 0 radical (unpaired) electrons. The zero-order valence-corrected chi connectivity index (χ0v) is 9.80. The van der Waals surface area contributed by atoms with Crippen LogP contribution in [0.1, 0.15) is 23.8 Å². The van der Waals surface area contributed by atoms with E-state index in [1.807, 2.05) is 36.4 Å². The molecule has 4 heteroatoms. The molecule has 0 N–H and O–H groups in total. The molecule has 0 bridgehead atoms. The Morgan fingerprint density at radius 3 is 2.50 bits per heavy atom. The lowest BCUT2D eigenvalue weighted by Gasteiger charge is -2.24. The van der Waals surface area contributed by atoms with Gasteiger partial charge in [-0.1, -0.05) is 24.3 Å². The van der Waals surface area contributed by atoms with Gasteiger partial charge in [0.2, 0.25) is 0 Å². The van der Waals surface area contributed by atoms with Gasteiger partial charge in [0.25, 0.3) is 0 Å². The summed E-state index contributed by atoms with van der Waals surface area (Å²) in [6, 6.07) is 11.2. The Kier molecular flexibility index (Phi) is 4.09. The molecule has 1 aromatic carbocycles. The molecule has 0 saturated carbocycles. The van der Waals surface area contributed by atoms with Crippen molar-refractivity contribution < 1.29 is 9.47 Å². The second-order valence-corrected chi connectivity index (χ2v) is 3.84. The van der Waals surface area contributed by atoms with Gasteiger partial charge in [0, 0.05) is 5.56 Å². The normalized spacial score (nSPS) is 15.4. The Bertz CT molecular complexity index is 515. The number of nitriles is 2. The van der Waals surface area contributed by atoms with Crippen LogP contribution in [0.5, 0.6) is 0 Å². The summed E-state index contributed by atoms with van der Waals surface area (Å²) in [5.74, 6) is 0. The first-order valence-corrected chi connectivity index (χ1v) is 5.69. The molecule has 4 nitrogen and oxygen atoms in total. The maximum absolute atomic E-state index is 8.79. The third kappa shape index (κ3) is 2.75. The quantitative estimate of drug-likeness (QED) is 0.745. The summed E-state index contributed by atoms with van der Waals surface area (Å²) in [7, 11) is 0. The van der Waals surface area contributed by atoms with Gasteiger partial charge in [-0.05, 0) is 18.1 Å². The number of benzene rings is 1. The van der Waals surface area contributed by atoms with Crippen LogP contribution in [-0.4, -0.2) is 13.2 Å². The minimum Gasteiger partial charge on any atom is -0.348 e. The predicted molar refractivity (Wildman–Crippen MR) is 64.9 cm³/mol. The van der Waals surface area contributed by atoms with Crippen molar-refractivity contribution in [2.45, 2.75) is 12.7 Å². The molecule has 90 valence electrons. The second kappa shape index (κ2) is 5.97. The number of ether oxygens (including phenoxy) is 2. The lowest BCUT2D eigenvalue weighted by molar-refractivity contribution is -0.183. The number of rotatable bonds is 2. The molecule has 0 aromatic heterocycles. The zero-order valence-electron chi connectivity index (χ0n) is 9.80. The van der Waals surface area contributed by atoms with E-state index in [-0.39, 0.29) is 5.57 Å². The van der Waals surface area contributed by atoms with E-state index in [1.54, 1.807) is 6.08 Å². The van der Waals surface area contributed by atoms with Gasteiger partial charge in [0.1, 0.15) is 17.7 Å². The first kappa shape index (κ1) is 12.3. The van der Waals surface area contributed by atoms with Gasteiger partial charge in [-0.3, -0.25) is 0 Å². The van der Waals surface area contributed by atoms with Crippen molar-refractivity contribution in [1.82, 2.24) is 0 Å². The molecule has 1 aliphatic rings. The van der Waals surface area contributed by atoms with Crippen molar-refractivity contribution in [3.8, 4) is 12.1 Å². The number of allylic oxidation sites excluding steroid dienone is 1. The van der Waals surface area contributed by atoms with E-state index in [1.165, 1.54) is 0 Å². The molecule has 1 heterocycles. The molecular weight excluding hydrogens is 228 g/mol. The zero-order chi connectivity index (χ0) is 12.8. The van der Waals surface area contributed by atoms with E-state index in [0.29, 0.717) is 13.2 Å². The summed E-state index contributed by atoms with van der Waals surface area (Å²) in [6.45, 7) is 1.32. The predicted octanol–water partition coefficient (Wildman–Crippen LogP) is 2.55. The standard InChI is InChI=1S/C14H12N2O2/c15-9-11(10-16)8-12-4-1-2-5-13(12)14-17-6-3-7-18-14/h1-2,4-5,8,14H,3,6-7H2. The molecule has 2 rings (SSSR count). The highest BCUT2D eigenvalue weighted by Crippen LogP contribution is 2.27. The summed E-state index contributed by atoms with van der Waals surface area (Å²) in [6.07, 6.45) is 2.03. The minimum absolute atomic E-state index is 0.0678. The highest BCUT2D eigenvalue weighted by atomic mass is 16.7. The highest BCUT2D eigenvalue weighted by molar-refractivity contribution is 5.64. The summed E-state index contributed by atoms with van der Waals surface area (Å²) in [5.41, 5.74) is 1.70. The first-order chi connectivity index (χ1) is 8.85. The third-order valence-electron chi connectivity index (χ3n) is 2.62. The van der Waals surface area contributed by atoms with Crippen LogP contribution < -0.4 is 0 Å². The van der Waals surface area contributed by atoms with Crippen LogP contribution in [-0.2, 0) is 9.47 Å². The topological polar surface area (TPSA) is 66.0 Å². The first-order valence-electron chi connectivity index (χ1n) is 5.69. The van der Waals surface area contributed by atoms with Crippen molar-refractivity contribution in [3.05, 3.63) is 41.0 Å². The highest BCUT2D eigenvalue weighted by Gasteiger charge is 2.18. The van der Waals surface area contributed by atoms with E-state index < -0.39 is 6.29 Å². The molecule has 0 aliphatic carbocycles. The SMILES string of the molecule is N#CC(C#N)=Cc1ccccc1C1OCCCO1. The largest absolute Gasteiger partial charge is 0.348 e. The van der Waals surface area contributed by atoms with Crippen LogP contribution >= 0.6 is 0 Å². The summed E-state index contributed by atoms with van der Waals surface area (Å²) >= 11 is 0. The molecule has 0 unspecified atom stereocenters. The molecule has 0 amide bonds. The molecule has 1 saturated heterocycles. The van der Waals surface area contributed by atoms with Crippen LogP contribution in [0.3, 0.4) is 0 Å². The molecule has 18 heavy (non-hydrogen) atoms. The van der Waals surface area contributed by atoms with Crippen LogP contribution in [0.15, 0.2) is 29.8 Å². The number of hydrogen-bond acceptors (Lipinski definition) is 4. The van der Waals surface area contributed by atoms with Crippen molar-refractivity contribution in [1.29, 1.82) is 10.5 Å². The summed E-state index contributed by atoms with van der Waals surface area (Å²) in [4.78, 5) is 0. The third-order valence-corrected chi connectivity index (χ3v) is 2.62. The van der Waals surface area contributed by atoms with Crippen LogP contribution in [0.4, 0.5) is 0 Å². The Morgan fingerprint density at radius 2 is 1.83 bits per heavy atom. The van der Waals surface area contributed by atoms with E-state index in [9.17, 15) is 0 Å². The van der Waals surface area contributed by atoms with Crippen LogP contribution in [0.25, 0.3) is 6.08 Å². The molecule has 1 aromatic rings. The average molecular weight is 240 g/mol.